The van der Waals surface area contributed by atoms with Gasteiger partial charge in [-0.25, -0.2) is 6.57 Å². The van der Waals surface area contributed by atoms with Crippen molar-refractivity contribution in [1.82, 2.24) is 4.90 Å². The second kappa shape index (κ2) is 6.49. The van der Waals surface area contributed by atoms with Crippen LogP contribution in [-0.2, 0) is 9.53 Å². The average Bonchev–Trinajstić information content (AvgIpc) is 2.77. The molecule has 1 atom stereocenters. The number of rotatable bonds is 5. The molecule has 1 rings (SSSR count). The van der Waals surface area contributed by atoms with Gasteiger partial charge in [-0.2, -0.15) is 5.26 Å². The van der Waals surface area contributed by atoms with E-state index in [1.807, 2.05) is 11.0 Å². The molecule has 0 saturated carbocycles. The van der Waals surface area contributed by atoms with Gasteiger partial charge in [-0.15, -0.1) is 0 Å². The maximum absolute atomic E-state index is 11.2. The van der Waals surface area contributed by atoms with Crippen LogP contribution in [0.1, 0.15) is 13.3 Å². The molecule has 0 spiro atoms. The molecule has 0 aliphatic carbocycles. The second-order valence-corrected chi connectivity index (χ2v) is 3.44. The van der Waals surface area contributed by atoms with Crippen LogP contribution in [0, 0.1) is 17.9 Å². The lowest BCUT2D eigenvalue weighted by Gasteiger charge is -2.17. The Balaban J connectivity index is 2.50. The monoisotopic (exact) mass is 234 g/mol. The van der Waals surface area contributed by atoms with E-state index in [1.54, 1.807) is 6.92 Å². The molecule has 1 aliphatic heterocycles. The maximum Gasteiger partial charge on any atom is 0.363 e. The number of amidine groups is 1. The van der Waals surface area contributed by atoms with Crippen LogP contribution in [0.3, 0.4) is 0 Å². The number of aliphatic imine (C=N–C) groups is 1. The van der Waals surface area contributed by atoms with Crippen LogP contribution in [0.2, 0.25) is 0 Å². The minimum atomic E-state index is -0.861. The minimum Gasteiger partial charge on any atom is -0.466 e. The molecule has 6 nitrogen and oxygen atoms in total. The molecule has 1 heterocycles. The Morgan fingerprint density at radius 2 is 2.59 bits per heavy atom. The van der Waals surface area contributed by atoms with E-state index in [2.05, 4.69) is 9.84 Å². The van der Waals surface area contributed by atoms with Crippen molar-refractivity contribution in [3.05, 3.63) is 11.4 Å². The molecule has 17 heavy (non-hydrogen) atoms. The van der Waals surface area contributed by atoms with Gasteiger partial charge in [0, 0.05) is 13.1 Å². The lowest BCUT2D eigenvalue weighted by atomic mass is 10.2. The van der Waals surface area contributed by atoms with Crippen molar-refractivity contribution in [2.24, 2.45) is 4.99 Å². The summed E-state index contributed by atoms with van der Waals surface area (Å²) in [6.45, 7) is 10.7. The zero-order valence-corrected chi connectivity index (χ0v) is 9.72. The molecule has 0 bridgehead atoms. The fourth-order valence-corrected chi connectivity index (χ4v) is 1.59. The summed E-state index contributed by atoms with van der Waals surface area (Å²) in [5.41, 5.74) is 0. The summed E-state index contributed by atoms with van der Waals surface area (Å²) in [7, 11) is 0. The first kappa shape index (κ1) is 13.0. The molecule has 0 amide bonds. The van der Waals surface area contributed by atoms with Crippen molar-refractivity contribution in [2.45, 2.75) is 19.4 Å². The molecule has 6 heteroatoms. The van der Waals surface area contributed by atoms with E-state index in [0.717, 1.165) is 0 Å². The van der Waals surface area contributed by atoms with Crippen molar-refractivity contribution in [3.63, 3.8) is 0 Å². The summed E-state index contributed by atoms with van der Waals surface area (Å²) < 4.78 is 4.82. The predicted molar refractivity (Wildman–Crippen MR) is 61.1 cm³/mol. The molecule has 0 radical (unpaired) electrons. The van der Waals surface area contributed by atoms with Crippen LogP contribution in [0.5, 0.6) is 0 Å². The van der Waals surface area contributed by atoms with Gasteiger partial charge in [0.1, 0.15) is 0 Å². The second-order valence-electron chi connectivity index (χ2n) is 3.44. The number of hydrogen-bond acceptors (Lipinski definition) is 5. The number of ether oxygens (including phenoxy) is 1. The Labute approximate surface area is 100 Å². The summed E-state index contributed by atoms with van der Waals surface area (Å²) in [6, 6.07) is 1.03. The highest BCUT2D eigenvalue weighted by molar-refractivity contribution is 5.92. The zero-order valence-electron chi connectivity index (χ0n) is 9.72. The molecule has 0 fully saturated rings. The van der Waals surface area contributed by atoms with Crippen molar-refractivity contribution in [2.75, 3.05) is 26.2 Å². The van der Waals surface area contributed by atoms with Crippen LogP contribution < -0.4 is 0 Å². The highest BCUT2D eigenvalue weighted by atomic mass is 16.5. The fraction of sp³-hybridized carbons (Fsp3) is 0.636. The number of nitriles is 1. The van der Waals surface area contributed by atoms with E-state index >= 15 is 0 Å². The van der Waals surface area contributed by atoms with Gasteiger partial charge in [0.2, 0.25) is 0 Å². The molecule has 0 N–H and O–H groups in total. The Morgan fingerprint density at radius 1 is 1.82 bits per heavy atom. The number of carbonyl (C=O) groups is 1. The molecular weight excluding hydrogens is 220 g/mol. The van der Waals surface area contributed by atoms with E-state index in [-0.39, 0.29) is 12.4 Å². The largest absolute Gasteiger partial charge is 0.466 e. The highest BCUT2D eigenvalue weighted by Gasteiger charge is 2.29. The van der Waals surface area contributed by atoms with Crippen molar-refractivity contribution >= 4 is 11.8 Å². The van der Waals surface area contributed by atoms with E-state index in [9.17, 15) is 4.79 Å². The normalized spacial score (nSPS) is 15.7. The third-order valence-electron chi connectivity index (χ3n) is 2.35. The van der Waals surface area contributed by atoms with Gasteiger partial charge < -0.3 is 9.64 Å². The van der Waals surface area contributed by atoms with Gasteiger partial charge >= 0.3 is 12.0 Å². The lowest BCUT2D eigenvalue weighted by Crippen LogP contribution is -2.36. The summed E-state index contributed by atoms with van der Waals surface area (Å²) in [5.74, 6) is 0.210. The van der Waals surface area contributed by atoms with E-state index in [0.29, 0.717) is 32.1 Å². The standard InChI is InChI=1S/C11H14N4O2/c1-3-17-10(16)4-6-15-7-5-14-11(15)9(8-12)13-2/h9H,3-7H2,1H3. The zero-order chi connectivity index (χ0) is 12.7. The topological polar surface area (TPSA) is 70.0 Å². The summed E-state index contributed by atoms with van der Waals surface area (Å²) in [6.07, 6.45) is 0.253. The Bertz CT molecular complexity index is 377. The molecule has 0 aromatic carbocycles. The molecule has 0 aromatic heterocycles. The maximum atomic E-state index is 11.2. The van der Waals surface area contributed by atoms with Gasteiger partial charge in [0.15, 0.2) is 11.9 Å². The Morgan fingerprint density at radius 3 is 3.18 bits per heavy atom. The van der Waals surface area contributed by atoms with Gasteiger partial charge in [-0.05, 0) is 6.92 Å². The van der Waals surface area contributed by atoms with E-state index in [1.165, 1.54) is 0 Å². The van der Waals surface area contributed by atoms with Crippen LogP contribution in [0.4, 0.5) is 0 Å². The molecule has 0 saturated heterocycles. The van der Waals surface area contributed by atoms with Crippen molar-refractivity contribution in [1.29, 1.82) is 5.26 Å². The van der Waals surface area contributed by atoms with Crippen LogP contribution in [0.15, 0.2) is 4.99 Å². The third kappa shape index (κ3) is 3.46. The highest BCUT2D eigenvalue weighted by Crippen LogP contribution is 2.09. The molecule has 1 unspecified atom stereocenters. The quantitative estimate of drug-likeness (QED) is 0.512. The van der Waals surface area contributed by atoms with E-state index in [4.69, 9.17) is 16.6 Å². The lowest BCUT2D eigenvalue weighted by molar-refractivity contribution is -0.143. The minimum absolute atomic E-state index is 0.253. The number of carbonyl (C=O) groups excluding carboxylic acids is 1. The van der Waals surface area contributed by atoms with Crippen LogP contribution in [0.25, 0.3) is 4.85 Å². The first-order chi connectivity index (χ1) is 8.22. The molecule has 0 aromatic rings. The fourth-order valence-electron chi connectivity index (χ4n) is 1.59. The molecule has 1 aliphatic rings. The third-order valence-corrected chi connectivity index (χ3v) is 2.35. The molecule has 90 valence electrons. The van der Waals surface area contributed by atoms with Crippen LogP contribution >= 0.6 is 0 Å². The van der Waals surface area contributed by atoms with Crippen molar-refractivity contribution in [3.8, 4) is 6.07 Å². The van der Waals surface area contributed by atoms with Gasteiger partial charge in [0.05, 0.1) is 19.6 Å². The summed E-state index contributed by atoms with van der Waals surface area (Å²) in [5, 5.41) is 8.80. The SMILES string of the molecule is [C-]#[N+]C(C#N)C1=NCCN1CCC(=O)OCC. The van der Waals surface area contributed by atoms with E-state index < -0.39 is 6.04 Å². The smallest absolute Gasteiger partial charge is 0.363 e. The van der Waals surface area contributed by atoms with Gasteiger partial charge in [-0.3, -0.25) is 14.6 Å². The Hall–Kier alpha value is -2.08. The van der Waals surface area contributed by atoms with Gasteiger partial charge in [-0.1, -0.05) is 0 Å². The molecular formula is C11H14N4O2. The first-order valence-electron chi connectivity index (χ1n) is 5.44. The number of esters is 1. The Kier molecular flexibility index (Phi) is 4.96. The first-order valence-corrected chi connectivity index (χ1v) is 5.44. The van der Waals surface area contributed by atoms with Gasteiger partial charge in [0.25, 0.3) is 0 Å². The number of nitrogens with zero attached hydrogens (tertiary/aromatic N) is 4. The number of hydrogen-bond donors (Lipinski definition) is 0. The van der Waals surface area contributed by atoms with Crippen LogP contribution in [-0.4, -0.2) is 49.0 Å². The summed E-state index contributed by atoms with van der Waals surface area (Å²) >= 11 is 0. The summed E-state index contributed by atoms with van der Waals surface area (Å²) in [4.78, 5) is 20.3. The predicted octanol–water partition coefficient (Wildman–Crippen LogP) is 0.465. The van der Waals surface area contributed by atoms with Crippen molar-refractivity contribution < 1.29 is 9.53 Å². The average molecular weight is 234 g/mol.